The lowest BCUT2D eigenvalue weighted by molar-refractivity contribution is -0.107. The Labute approximate surface area is 98.8 Å². The molecule has 1 rings (SSSR count). The van der Waals surface area contributed by atoms with Gasteiger partial charge in [-0.15, -0.1) is 0 Å². The van der Waals surface area contributed by atoms with E-state index < -0.39 is 0 Å². The van der Waals surface area contributed by atoms with Crippen molar-refractivity contribution in [3.05, 3.63) is 53.6 Å². The minimum Gasteiger partial charge on any atom is -0.282 e. The second kappa shape index (κ2) is 6.49. The normalized spacial score (nSPS) is 11.3. The van der Waals surface area contributed by atoms with Gasteiger partial charge in [-0.2, -0.15) is 0 Å². The maximum atomic E-state index is 11.4. The highest BCUT2D eigenvalue weighted by molar-refractivity contribution is 8.14. The van der Waals surface area contributed by atoms with Gasteiger partial charge in [0.05, 0.1) is 0 Å². The lowest BCUT2D eigenvalue weighted by atomic mass is 10.4. The molecule has 0 radical (unpaired) electrons. The third-order valence-electron chi connectivity index (χ3n) is 1.57. The average molecular weight is 239 g/mol. The Bertz CT molecular complexity index is 379. The highest BCUT2D eigenvalue weighted by atomic mass is 35.5. The molecule has 78 valence electrons. The second-order valence-corrected chi connectivity index (χ2v) is 4.27. The topological polar surface area (TPSA) is 17.1 Å². The lowest BCUT2D eigenvalue weighted by Crippen LogP contribution is -1.83. The van der Waals surface area contributed by atoms with E-state index in [9.17, 15) is 4.79 Å². The zero-order valence-corrected chi connectivity index (χ0v) is 9.89. The number of rotatable bonds is 3. The van der Waals surface area contributed by atoms with E-state index in [1.165, 1.54) is 11.8 Å². The molecular weight excluding hydrogens is 228 g/mol. The first-order chi connectivity index (χ1) is 7.22. The number of thioether (sulfide) groups is 1. The molecule has 0 aliphatic rings. The molecule has 0 spiro atoms. The summed E-state index contributed by atoms with van der Waals surface area (Å²) in [4.78, 5) is 12.3. The number of allylic oxidation sites excluding steroid dienone is 3. The Morgan fingerprint density at radius 2 is 1.93 bits per heavy atom. The molecule has 1 nitrogen and oxygen atoms in total. The molecule has 0 unspecified atom stereocenters. The van der Waals surface area contributed by atoms with Crippen LogP contribution in [-0.4, -0.2) is 5.12 Å². The van der Waals surface area contributed by atoms with Crippen LogP contribution in [0.25, 0.3) is 0 Å². The van der Waals surface area contributed by atoms with Crippen molar-refractivity contribution in [3.63, 3.8) is 0 Å². The smallest absolute Gasteiger partial charge is 0.216 e. The maximum Gasteiger partial charge on any atom is 0.216 e. The zero-order valence-electron chi connectivity index (χ0n) is 8.31. The van der Waals surface area contributed by atoms with Gasteiger partial charge in [-0.3, -0.25) is 4.79 Å². The van der Waals surface area contributed by atoms with Crippen molar-refractivity contribution in [3.8, 4) is 0 Å². The third-order valence-corrected chi connectivity index (χ3v) is 2.67. The molecular formula is C12H11ClOS. The molecule has 0 aliphatic heterocycles. The molecule has 0 amide bonds. The molecule has 0 aromatic heterocycles. The van der Waals surface area contributed by atoms with E-state index >= 15 is 0 Å². The number of halogens is 1. The summed E-state index contributed by atoms with van der Waals surface area (Å²) >= 11 is 6.92. The first-order valence-electron chi connectivity index (χ1n) is 4.49. The van der Waals surface area contributed by atoms with E-state index in [1.54, 1.807) is 24.3 Å². The average Bonchev–Trinajstić information content (AvgIpc) is 2.22. The molecule has 1 aromatic carbocycles. The number of carbonyl (C=O) groups is 1. The van der Waals surface area contributed by atoms with Crippen LogP contribution in [0.15, 0.2) is 53.5 Å². The summed E-state index contributed by atoms with van der Waals surface area (Å²) in [6.45, 7) is 1.90. The van der Waals surface area contributed by atoms with E-state index in [4.69, 9.17) is 11.6 Å². The van der Waals surface area contributed by atoms with Gasteiger partial charge >= 0.3 is 0 Å². The summed E-state index contributed by atoms with van der Waals surface area (Å²) in [7, 11) is 0. The van der Waals surface area contributed by atoms with Gasteiger partial charge < -0.3 is 0 Å². The number of hydrogen-bond donors (Lipinski definition) is 0. The fraction of sp³-hybridized carbons (Fsp3) is 0.0833. The molecule has 0 heterocycles. The Kier molecular flexibility index (Phi) is 5.22. The first kappa shape index (κ1) is 12.1. The van der Waals surface area contributed by atoms with Crippen LogP contribution in [-0.2, 0) is 4.79 Å². The summed E-state index contributed by atoms with van der Waals surface area (Å²) in [6.07, 6.45) is 6.96. The van der Waals surface area contributed by atoms with E-state index in [1.807, 2.05) is 31.2 Å². The van der Waals surface area contributed by atoms with Crippen molar-refractivity contribution in [1.82, 2.24) is 0 Å². The van der Waals surface area contributed by atoms with E-state index in [0.29, 0.717) is 5.02 Å². The SMILES string of the molecule is C/C=C/C=C/C(=O)Sc1ccc(Cl)cc1. The van der Waals surface area contributed by atoms with Crippen molar-refractivity contribution in [2.75, 3.05) is 0 Å². The molecule has 15 heavy (non-hydrogen) atoms. The van der Waals surface area contributed by atoms with Crippen molar-refractivity contribution in [2.24, 2.45) is 0 Å². The molecule has 0 fully saturated rings. The van der Waals surface area contributed by atoms with Crippen molar-refractivity contribution in [1.29, 1.82) is 0 Å². The Balaban J connectivity index is 2.55. The van der Waals surface area contributed by atoms with Crippen molar-refractivity contribution in [2.45, 2.75) is 11.8 Å². The van der Waals surface area contributed by atoms with Crippen LogP contribution in [0.2, 0.25) is 5.02 Å². The molecule has 0 saturated carbocycles. The second-order valence-electron chi connectivity index (χ2n) is 2.76. The fourth-order valence-corrected chi connectivity index (χ4v) is 1.68. The van der Waals surface area contributed by atoms with Crippen molar-refractivity contribution >= 4 is 28.5 Å². The van der Waals surface area contributed by atoms with Crippen LogP contribution < -0.4 is 0 Å². The summed E-state index contributed by atoms with van der Waals surface area (Å²) in [6, 6.07) is 7.20. The maximum absolute atomic E-state index is 11.4. The van der Waals surface area contributed by atoms with Crippen LogP contribution in [0, 0.1) is 0 Å². The van der Waals surface area contributed by atoms with Gasteiger partial charge in [0.1, 0.15) is 0 Å². The summed E-state index contributed by atoms with van der Waals surface area (Å²) in [5, 5.41) is 0.687. The van der Waals surface area contributed by atoms with Crippen molar-refractivity contribution < 1.29 is 4.79 Å². The summed E-state index contributed by atoms with van der Waals surface area (Å²) in [5.41, 5.74) is 0. The van der Waals surface area contributed by atoms with Gasteiger partial charge in [-0.05, 0) is 49.0 Å². The van der Waals surface area contributed by atoms with Gasteiger partial charge in [-0.25, -0.2) is 0 Å². The fourth-order valence-electron chi connectivity index (χ4n) is 0.898. The van der Waals surface area contributed by atoms with Crippen LogP contribution >= 0.6 is 23.4 Å². The number of benzene rings is 1. The lowest BCUT2D eigenvalue weighted by Gasteiger charge is -1.96. The van der Waals surface area contributed by atoms with Gasteiger partial charge in [0, 0.05) is 9.92 Å². The monoisotopic (exact) mass is 238 g/mol. The van der Waals surface area contributed by atoms with E-state index in [2.05, 4.69) is 0 Å². The third kappa shape index (κ3) is 4.86. The van der Waals surface area contributed by atoms with Crippen LogP contribution in [0.5, 0.6) is 0 Å². The molecule has 1 aromatic rings. The van der Waals surface area contributed by atoms with E-state index in [-0.39, 0.29) is 5.12 Å². The Morgan fingerprint density at radius 1 is 1.27 bits per heavy atom. The quantitative estimate of drug-likeness (QED) is 0.448. The van der Waals surface area contributed by atoms with E-state index in [0.717, 1.165) is 4.90 Å². The first-order valence-corrected chi connectivity index (χ1v) is 5.68. The highest BCUT2D eigenvalue weighted by Crippen LogP contribution is 2.21. The summed E-state index contributed by atoms with van der Waals surface area (Å²) in [5.74, 6) is 0. The number of hydrogen-bond acceptors (Lipinski definition) is 2. The minimum absolute atomic E-state index is 0.00965. The summed E-state index contributed by atoms with van der Waals surface area (Å²) < 4.78 is 0. The molecule has 0 aliphatic carbocycles. The van der Waals surface area contributed by atoms with Crippen LogP contribution in [0.1, 0.15) is 6.92 Å². The van der Waals surface area contributed by atoms with Gasteiger partial charge in [0.2, 0.25) is 5.12 Å². The molecule has 0 saturated heterocycles. The molecule has 0 N–H and O–H groups in total. The van der Waals surface area contributed by atoms with Crippen LogP contribution in [0.4, 0.5) is 0 Å². The van der Waals surface area contributed by atoms with Crippen LogP contribution in [0.3, 0.4) is 0 Å². The Hall–Kier alpha value is -0.990. The standard InChI is InChI=1S/C12H11ClOS/c1-2-3-4-5-12(14)15-11-8-6-10(13)7-9-11/h2-9H,1H3/b3-2+,5-4+. The predicted molar refractivity (Wildman–Crippen MR) is 66.3 cm³/mol. The Morgan fingerprint density at radius 3 is 2.53 bits per heavy atom. The molecule has 3 heteroatoms. The highest BCUT2D eigenvalue weighted by Gasteiger charge is 1.99. The van der Waals surface area contributed by atoms with Gasteiger partial charge in [0.25, 0.3) is 0 Å². The van der Waals surface area contributed by atoms with Gasteiger partial charge in [0.15, 0.2) is 0 Å². The minimum atomic E-state index is 0.00965. The predicted octanol–water partition coefficient (Wildman–Crippen LogP) is 4.09. The molecule has 0 atom stereocenters. The zero-order chi connectivity index (χ0) is 11.1. The van der Waals surface area contributed by atoms with Gasteiger partial charge in [-0.1, -0.05) is 29.8 Å². The number of carbonyl (C=O) groups excluding carboxylic acids is 1. The largest absolute Gasteiger partial charge is 0.282 e. The molecule has 0 bridgehead atoms.